The molecule has 71 heavy (non-hydrogen) atoms. The molecule has 3 fully saturated rings. The molecule has 0 radical (unpaired) electrons. The van der Waals surface area contributed by atoms with E-state index in [9.17, 15) is 19.2 Å². The van der Waals surface area contributed by atoms with Gasteiger partial charge in [-0.05, 0) is 103 Å². The van der Waals surface area contributed by atoms with Crippen LogP contribution in [0, 0.1) is 16.7 Å². The van der Waals surface area contributed by atoms with E-state index in [1.807, 2.05) is 37.1 Å². The van der Waals surface area contributed by atoms with Crippen molar-refractivity contribution in [1.82, 2.24) is 45.0 Å². The maximum atomic E-state index is 14.7. The molecule has 1 spiro atoms. The number of nitrogens with zero attached hydrogens (tertiary/aromatic N) is 7. The fourth-order valence-electron chi connectivity index (χ4n) is 10.9. The zero-order valence-electron chi connectivity index (χ0n) is 43.3. The third kappa shape index (κ3) is 12.2. The van der Waals surface area contributed by atoms with Crippen molar-refractivity contribution in [3.8, 4) is 22.5 Å². The van der Waals surface area contributed by atoms with Crippen LogP contribution in [0.5, 0.6) is 0 Å². The van der Waals surface area contributed by atoms with Crippen molar-refractivity contribution < 1.29 is 28.7 Å². The number of esters is 1. The lowest BCUT2D eigenvalue weighted by Gasteiger charge is -2.61. The number of carbonyl (C=O) groups excluding carboxylic acids is 4. The van der Waals surface area contributed by atoms with Gasteiger partial charge >= 0.3 is 12.0 Å². The second-order valence-corrected chi connectivity index (χ2v) is 22.0. The van der Waals surface area contributed by atoms with Crippen LogP contribution in [0.4, 0.5) is 4.79 Å². The molecule has 6 heterocycles. The molecule has 2 saturated heterocycles. The van der Waals surface area contributed by atoms with Crippen LogP contribution < -0.4 is 10.7 Å². The number of likely N-dealkylation sites (N-methyl/N-ethyl adjacent to an activating group) is 1. The van der Waals surface area contributed by atoms with Crippen molar-refractivity contribution in [2.45, 2.75) is 137 Å². The second kappa shape index (κ2) is 24.2. The number of pyridine rings is 1. The predicted molar refractivity (Wildman–Crippen MR) is 303 cm³/mol. The zero-order chi connectivity index (χ0) is 48.1. The quantitative estimate of drug-likeness (QED) is 0.152. The molecule has 1 saturated carbocycles. The van der Waals surface area contributed by atoms with E-state index >= 15 is 0 Å². The highest BCUT2D eigenvalue weighted by molar-refractivity contribution is 7.59. The fraction of sp³-hybridized carbons (Fsp3) is 0.608. The van der Waals surface area contributed by atoms with Crippen molar-refractivity contribution >= 4 is 100 Å². The largest absolute Gasteiger partial charge is 0.464 e. The minimum atomic E-state index is -1.04. The van der Waals surface area contributed by atoms with Gasteiger partial charge in [-0.2, -0.15) is 54.0 Å². The molecule has 20 heteroatoms. The van der Waals surface area contributed by atoms with E-state index < -0.39 is 35.4 Å². The lowest BCUT2D eigenvalue weighted by Crippen LogP contribution is -2.70. The van der Waals surface area contributed by atoms with Crippen LogP contribution in [0.15, 0.2) is 41.9 Å². The Hall–Kier alpha value is -3.50. The summed E-state index contributed by atoms with van der Waals surface area (Å²) in [6.45, 7) is 19.2. The summed E-state index contributed by atoms with van der Waals surface area (Å²) in [6, 6.07) is 8.67. The number of rotatable bonds is 10. The molecule has 1 aromatic carbocycles. The van der Waals surface area contributed by atoms with Crippen LogP contribution in [0.3, 0.4) is 0 Å². The van der Waals surface area contributed by atoms with Crippen LogP contribution in [-0.2, 0) is 43.2 Å². The van der Waals surface area contributed by atoms with Gasteiger partial charge in [0.2, 0.25) is 5.91 Å². The van der Waals surface area contributed by atoms with Gasteiger partial charge in [-0.3, -0.25) is 24.4 Å². The molecule has 0 unspecified atom stereocenters. The van der Waals surface area contributed by atoms with Crippen LogP contribution in [-0.4, -0.2) is 136 Å². The first-order valence-corrected chi connectivity index (χ1v) is 25.1. The molecule has 3 aromatic heterocycles. The lowest BCUT2D eigenvalue weighted by molar-refractivity contribution is -0.155. The minimum Gasteiger partial charge on any atom is -0.464 e. The van der Waals surface area contributed by atoms with E-state index in [0.717, 1.165) is 57.5 Å². The van der Waals surface area contributed by atoms with Gasteiger partial charge in [0, 0.05) is 103 Å². The summed E-state index contributed by atoms with van der Waals surface area (Å²) in [4.78, 5) is 72.9. The number of aryl methyl sites for hydroxylation is 1. The molecule has 4 aliphatic rings. The number of hydrazine groups is 1. The molecular weight excluding hydrogens is 995 g/mol. The van der Waals surface area contributed by atoms with Crippen LogP contribution in [0.25, 0.3) is 33.4 Å². The number of amides is 4. The smallest absolute Gasteiger partial charge is 0.324 e. The Morgan fingerprint density at radius 3 is 2.39 bits per heavy atom. The highest BCUT2D eigenvalue weighted by Gasteiger charge is 2.55. The molecule has 394 valence electrons. The molecule has 4 atom stereocenters. The molecule has 15 nitrogen and oxygen atoms in total. The highest BCUT2D eigenvalue weighted by atomic mass is 32.1. The molecule has 1 aliphatic carbocycles. The first-order valence-electron chi connectivity index (χ1n) is 24.2. The van der Waals surface area contributed by atoms with E-state index in [1.54, 1.807) is 20.4 Å². The number of hydrogen-bond donors (Lipinski definition) is 2. The molecule has 4 aromatic rings. The fourth-order valence-corrected chi connectivity index (χ4v) is 11.7. The number of urea groups is 1. The number of hydrogen-bond acceptors (Lipinski definition) is 11. The maximum absolute atomic E-state index is 14.7. The van der Waals surface area contributed by atoms with Gasteiger partial charge in [-0.1, -0.05) is 33.8 Å². The lowest BCUT2D eigenvalue weighted by atomic mass is 9.60. The van der Waals surface area contributed by atoms with Gasteiger partial charge in [-0.25, -0.2) is 15.2 Å². The molecule has 4 amide bonds. The highest BCUT2D eigenvalue weighted by Crippen LogP contribution is 2.50. The summed E-state index contributed by atoms with van der Waals surface area (Å²) in [6.07, 6.45) is 5.45. The Labute approximate surface area is 452 Å². The number of nitrogens with one attached hydrogen (secondary N) is 2. The number of methoxy groups -OCH3 is 1. The second-order valence-electron chi connectivity index (χ2n) is 21.0. The number of benzene rings is 1. The van der Waals surface area contributed by atoms with Crippen molar-refractivity contribution in [1.29, 1.82) is 0 Å². The molecule has 3 aliphatic heterocycles. The topological polar surface area (TPSA) is 154 Å². The first-order chi connectivity index (χ1) is 31.8. The third-order valence-corrected chi connectivity index (χ3v) is 15.7. The number of fused-ring (bicyclic) bond motifs is 6. The van der Waals surface area contributed by atoms with Crippen molar-refractivity contribution in [3.63, 3.8) is 0 Å². The Balaban J connectivity index is 0.00000274. The zero-order valence-corrected chi connectivity index (χ0v) is 48.2. The summed E-state index contributed by atoms with van der Waals surface area (Å²) in [7, 11) is 5.55. The summed E-state index contributed by atoms with van der Waals surface area (Å²) >= 11 is 1.44. The van der Waals surface area contributed by atoms with Gasteiger partial charge in [0.25, 0.3) is 5.91 Å². The van der Waals surface area contributed by atoms with E-state index in [-0.39, 0.29) is 96.4 Å². The Morgan fingerprint density at radius 2 is 1.75 bits per heavy atom. The summed E-state index contributed by atoms with van der Waals surface area (Å²) in [5.74, 6) is -1.48. The Kier molecular flexibility index (Phi) is 20.5. The van der Waals surface area contributed by atoms with Crippen LogP contribution >= 0.6 is 65.3 Å². The van der Waals surface area contributed by atoms with Crippen LogP contribution in [0.1, 0.15) is 103 Å². The van der Waals surface area contributed by atoms with Crippen molar-refractivity contribution in [3.05, 3.63) is 58.2 Å². The Bertz CT molecular complexity index is 2500. The van der Waals surface area contributed by atoms with Crippen LogP contribution in [0.2, 0.25) is 0 Å². The number of thiazole rings is 1. The number of aromatic nitrogens is 3. The minimum absolute atomic E-state index is 0. The van der Waals surface area contributed by atoms with Gasteiger partial charge < -0.3 is 34.1 Å². The van der Waals surface area contributed by atoms with Crippen molar-refractivity contribution in [2.75, 3.05) is 47.4 Å². The molecule has 2 N–H and O–H groups in total. The van der Waals surface area contributed by atoms with Crippen molar-refractivity contribution in [2.24, 2.45) is 16.7 Å². The standard InChI is InChI=1S/C51H71N9O6S.4H2S/c1-12-59-41-18-17-33-21-36(41)37(45(59)35-15-13-19-52-43(35)32(6)65-11)25-50(7,8)29-66-48(63)38-16-14-20-60(55-38)47(62)39(22-42-53-40(33)26-67-42)54-46(61)44(30(2)3)57(10)49(64)58-27-51(28-58)23-34(24-51)56(9)31(4)5;;;;/h13,15,17-19,21,26,30-32,34,38-39,44,55H,12,14,16,20,22-25,27-29H2,1-11H3,(H,54,61);4*1H2/t32-,38-,39-,44-;;;;/m0..../s1. The number of carbonyl (C=O) groups is 4. The van der Waals surface area contributed by atoms with E-state index in [2.05, 4.69) is 86.1 Å². The molecule has 8 rings (SSSR count). The summed E-state index contributed by atoms with van der Waals surface area (Å²) in [5.41, 5.74) is 9.58. The van der Waals surface area contributed by atoms with E-state index in [1.165, 1.54) is 21.2 Å². The SMILES string of the molecule is CCn1c(-c2cccnc2[C@H](C)OC)c2c3cc(ccc31)-c1csc(n1)C[C@H](NC(=O)[C@H](C(C)C)N(C)C(=O)N1CC3(CC(N(C)C(C)C)C3)C1)C(=O)N1CCC[C@H](N1)C(=O)OCC(C)(C)C2.S.S.S.S. The van der Waals surface area contributed by atoms with E-state index in [4.69, 9.17) is 19.4 Å². The number of ether oxygens (including phenoxy) is 2. The number of likely N-dealkylation sites (tertiary alicyclic amines) is 1. The monoisotopic (exact) mass is 1070 g/mol. The van der Waals surface area contributed by atoms with Gasteiger partial charge in [0.1, 0.15) is 18.1 Å². The number of cyclic esters (lactones) is 1. The average molecular weight is 1070 g/mol. The Morgan fingerprint density at radius 1 is 1.04 bits per heavy atom. The molecule has 6 bridgehead atoms. The first kappa shape index (κ1) is 60.1. The predicted octanol–water partition coefficient (Wildman–Crippen LogP) is 7.53. The average Bonchev–Trinajstić information content (AvgIpc) is 3.87. The summed E-state index contributed by atoms with van der Waals surface area (Å²) < 4.78 is 14.3. The third-order valence-electron chi connectivity index (χ3n) is 14.8. The van der Waals surface area contributed by atoms with Gasteiger partial charge in [0.05, 0.1) is 34.8 Å². The molecular formula is C51H79N9O6S5. The van der Waals surface area contributed by atoms with E-state index in [0.29, 0.717) is 62.5 Å². The van der Waals surface area contributed by atoms with Gasteiger partial charge in [-0.15, -0.1) is 11.3 Å². The maximum Gasteiger partial charge on any atom is 0.324 e. The summed E-state index contributed by atoms with van der Waals surface area (Å²) in [5, 5.41) is 8.28. The normalized spacial score (nSPS) is 20.6. The van der Waals surface area contributed by atoms with Gasteiger partial charge in [0.15, 0.2) is 0 Å².